The van der Waals surface area contributed by atoms with Crippen LogP contribution in [0.25, 0.3) is 11.2 Å². The van der Waals surface area contributed by atoms with Crippen LogP contribution in [0.5, 0.6) is 0 Å². The van der Waals surface area contributed by atoms with Crippen molar-refractivity contribution in [3.63, 3.8) is 0 Å². The Morgan fingerprint density at radius 3 is 2.57 bits per heavy atom. The number of ketones is 1. The maximum atomic E-state index is 14.1. The zero-order chi connectivity index (χ0) is 33.3. The zero-order valence-electron chi connectivity index (χ0n) is 27.3. The molecule has 0 saturated carbocycles. The van der Waals surface area contributed by atoms with Crippen LogP contribution in [0.2, 0.25) is 0 Å². The molecule has 3 aromatic rings. The molecule has 2 aliphatic rings. The van der Waals surface area contributed by atoms with Crippen LogP contribution >= 0.6 is 0 Å². The molecule has 1 aromatic carbocycles. The molecule has 2 fully saturated rings. The van der Waals surface area contributed by atoms with Crippen molar-refractivity contribution in [2.24, 2.45) is 7.05 Å². The standard InChI is InChI=1S/C32H42N8O6/c1-20(2)12-15-39-25-26(35-28(39)37-14-8-10-22(18-37)34-30(44)46-32(3,4)5)36(6)31(45)40(27(25)42)19-24(41)21-9-7-11-23(17-21)38-16-13-33-29(38)43/h7,9,11-12,17,22H,8,10,13-16,18-19H2,1-6H3,(H,33,43)(H,34,44). The second kappa shape index (κ2) is 12.9. The molecule has 2 N–H and O–H groups in total. The number of hydrogen-bond acceptors (Lipinski definition) is 8. The Morgan fingerprint density at radius 2 is 1.89 bits per heavy atom. The Hall–Kier alpha value is -4.88. The van der Waals surface area contributed by atoms with E-state index in [0.717, 1.165) is 23.0 Å². The largest absolute Gasteiger partial charge is 0.444 e. The third kappa shape index (κ3) is 6.85. The average molecular weight is 635 g/mol. The second-order valence-corrected chi connectivity index (χ2v) is 13.0. The van der Waals surface area contributed by atoms with Crippen LogP contribution in [0.1, 0.15) is 57.8 Å². The molecule has 4 heterocycles. The number of carbonyl (C=O) groups is 3. The Morgan fingerprint density at radius 1 is 1.13 bits per heavy atom. The van der Waals surface area contributed by atoms with Crippen LogP contribution in [0.3, 0.4) is 0 Å². The summed E-state index contributed by atoms with van der Waals surface area (Å²) in [7, 11) is 1.53. The first-order valence-electron chi connectivity index (χ1n) is 15.5. The molecule has 0 spiro atoms. The highest BCUT2D eigenvalue weighted by Crippen LogP contribution is 2.24. The van der Waals surface area contributed by atoms with Gasteiger partial charge in [0.15, 0.2) is 16.9 Å². The molecular weight excluding hydrogens is 592 g/mol. The van der Waals surface area contributed by atoms with Gasteiger partial charge >= 0.3 is 17.8 Å². The number of alkyl carbamates (subject to hydrolysis) is 1. The molecule has 0 aliphatic carbocycles. The van der Waals surface area contributed by atoms with E-state index in [9.17, 15) is 24.0 Å². The fourth-order valence-electron chi connectivity index (χ4n) is 5.74. The van der Waals surface area contributed by atoms with Crippen LogP contribution in [-0.2, 0) is 24.9 Å². The van der Waals surface area contributed by atoms with E-state index in [4.69, 9.17) is 9.72 Å². The number of hydrogen-bond donors (Lipinski definition) is 2. The third-order valence-corrected chi connectivity index (χ3v) is 7.96. The van der Waals surface area contributed by atoms with Crippen molar-refractivity contribution in [2.75, 3.05) is 36.0 Å². The van der Waals surface area contributed by atoms with Gasteiger partial charge in [-0.3, -0.25) is 23.6 Å². The first-order chi connectivity index (χ1) is 21.7. The number of nitrogens with one attached hydrogen (secondary N) is 2. The Bertz CT molecular complexity index is 1820. The summed E-state index contributed by atoms with van der Waals surface area (Å²) in [6.45, 7) is 11.2. The Labute approximate surface area is 266 Å². The van der Waals surface area contributed by atoms with Crippen LogP contribution in [0.15, 0.2) is 45.5 Å². The van der Waals surface area contributed by atoms with Crippen LogP contribution in [-0.4, -0.2) is 74.4 Å². The Balaban J connectivity index is 1.50. The summed E-state index contributed by atoms with van der Waals surface area (Å²) in [6, 6.07) is 6.14. The summed E-state index contributed by atoms with van der Waals surface area (Å²) in [4.78, 5) is 74.0. The van der Waals surface area contributed by atoms with Crippen molar-refractivity contribution < 1.29 is 19.1 Å². The van der Waals surface area contributed by atoms with Gasteiger partial charge in [0.2, 0.25) is 5.95 Å². The average Bonchev–Trinajstić information content (AvgIpc) is 3.60. The molecule has 5 rings (SSSR count). The SMILES string of the molecule is CC(C)=CCn1c(N2CCCC(NC(=O)OC(C)(C)C)C2)nc2c1c(=O)n(CC(=O)c1cccc(N3CCNC3=O)c1)c(=O)n2C. The minimum Gasteiger partial charge on any atom is -0.444 e. The molecule has 1 atom stereocenters. The topological polar surface area (TPSA) is 153 Å². The highest BCUT2D eigenvalue weighted by atomic mass is 16.6. The van der Waals surface area contributed by atoms with Crippen LogP contribution in [0, 0.1) is 0 Å². The number of amides is 3. The second-order valence-electron chi connectivity index (χ2n) is 13.0. The number of carbonyl (C=O) groups excluding carboxylic acids is 3. The van der Waals surface area contributed by atoms with E-state index in [1.807, 2.05) is 45.6 Å². The summed E-state index contributed by atoms with van der Waals surface area (Å²) in [6.07, 6.45) is 2.98. The lowest BCUT2D eigenvalue weighted by Crippen LogP contribution is -2.49. The monoisotopic (exact) mass is 634 g/mol. The normalized spacial score (nSPS) is 16.8. The number of benzene rings is 1. The van der Waals surface area contributed by atoms with Crippen molar-refractivity contribution in [1.82, 2.24) is 29.3 Å². The number of ether oxygens (including phenoxy) is 1. The number of aryl methyl sites for hydroxylation is 1. The van der Waals surface area contributed by atoms with Gasteiger partial charge in [0.05, 0.1) is 6.54 Å². The molecule has 0 radical (unpaired) electrons. The highest BCUT2D eigenvalue weighted by molar-refractivity contribution is 5.99. The van der Waals surface area contributed by atoms with E-state index >= 15 is 0 Å². The molecule has 46 heavy (non-hydrogen) atoms. The van der Waals surface area contributed by atoms with Crippen molar-refractivity contribution >= 4 is 40.7 Å². The van der Waals surface area contributed by atoms with Crippen molar-refractivity contribution in [2.45, 2.75) is 72.2 Å². The number of piperidine rings is 1. The fourth-order valence-corrected chi connectivity index (χ4v) is 5.74. The van der Waals surface area contributed by atoms with Gasteiger partial charge in [-0.2, -0.15) is 4.98 Å². The molecule has 2 aliphatic heterocycles. The van der Waals surface area contributed by atoms with E-state index in [1.165, 1.54) is 16.5 Å². The molecule has 14 heteroatoms. The third-order valence-electron chi connectivity index (χ3n) is 7.96. The van der Waals surface area contributed by atoms with Crippen molar-refractivity contribution in [3.05, 3.63) is 62.3 Å². The molecule has 246 valence electrons. The summed E-state index contributed by atoms with van der Waals surface area (Å²) in [5.41, 5.74) is 0.361. The number of urea groups is 1. The number of nitrogens with zero attached hydrogens (tertiary/aromatic N) is 6. The zero-order valence-corrected chi connectivity index (χ0v) is 27.3. The molecule has 3 amide bonds. The lowest BCUT2D eigenvalue weighted by Gasteiger charge is -2.34. The number of fused-ring (bicyclic) bond motifs is 1. The molecule has 1 unspecified atom stereocenters. The maximum Gasteiger partial charge on any atom is 0.407 e. The summed E-state index contributed by atoms with van der Waals surface area (Å²) in [5.74, 6) is 0.0543. The van der Waals surface area contributed by atoms with Gasteiger partial charge in [-0.25, -0.2) is 14.4 Å². The minimum absolute atomic E-state index is 0.201. The van der Waals surface area contributed by atoms with Gasteiger partial charge in [-0.15, -0.1) is 0 Å². The van der Waals surface area contributed by atoms with E-state index in [2.05, 4.69) is 10.6 Å². The fraction of sp³-hybridized carbons (Fsp3) is 0.500. The summed E-state index contributed by atoms with van der Waals surface area (Å²) in [5, 5.41) is 5.68. The predicted molar refractivity (Wildman–Crippen MR) is 175 cm³/mol. The van der Waals surface area contributed by atoms with Gasteiger partial charge in [0, 0.05) is 57.1 Å². The molecule has 2 aromatic heterocycles. The van der Waals surface area contributed by atoms with E-state index in [0.29, 0.717) is 44.4 Å². The van der Waals surface area contributed by atoms with Crippen LogP contribution in [0.4, 0.5) is 21.2 Å². The first kappa shape index (κ1) is 32.5. The van der Waals surface area contributed by atoms with Gasteiger partial charge < -0.3 is 24.8 Å². The van der Waals surface area contributed by atoms with Crippen molar-refractivity contribution in [1.29, 1.82) is 0 Å². The number of rotatable bonds is 8. The first-order valence-corrected chi connectivity index (χ1v) is 15.5. The maximum absolute atomic E-state index is 14.1. The van der Waals surface area contributed by atoms with Gasteiger partial charge in [0.25, 0.3) is 5.56 Å². The number of anilines is 2. The van der Waals surface area contributed by atoms with E-state index in [-0.39, 0.29) is 28.8 Å². The van der Waals surface area contributed by atoms with Gasteiger partial charge in [-0.1, -0.05) is 23.8 Å². The molecule has 14 nitrogen and oxygen atoms in total. The number of imidazole rings is 1. The molecule has 2 saturated heterocycles. The molecule has 0 bridgehead atoms. The van der Waals surface area contributed by atoms with Gasteiger partial charge in [0.1, 0.15) is 5.60 Å². The van der Waals surface area contributed by atoms with Crippen LogP contribution < -0.4 is 31.7 Å². The molecular formula is C32H42N8O6. The van der Waals surface area contributed by atoms with E-state index in [1.54, 1.807) is 28.8 Å². The summed E-state index contributed by atoms with van der Waals surface area (Å²) >= 11 is 0. The van der Waals surface area contributed by atoms with E-state index < -0.39 is 35.3 Å². The quantitative estimate of drug-likeness (QED) is 0.284. The Kier molecular flexibility index (Phi) is 9.08. The lowest BCUT2D eigenvalue weighted by molar-refractivity contribution is 0.0499. The highest BCUT2D eigenvalue weighted by Gasteiger charge is 2.29. The number of allylic oxidation sites excluding steroid dienone is 2. The smallest absolute Gasteiger partial charge is 0.407 e. The van der Waals surface area contributed by atoms with Gasteiger partial charge in [-0.05, 0) is 59.6 Å². The number of aromatic nitrogens is 4. The predicted octanol–water partition coefficient (Wildman–Crippen LogP) is 2.77. The number of Topliss-reactive ketones (excluding diaryl/α,β-unsaturated/α-hetero) is 1. The summed E-state index contributed by atoms with van der Waals surface area (Å²) < 4.78 is 9.45. The lowest BCUT2D eigenvalue weighted by atomic mass is 10.1. The minimum atomic E-state index is -0.664. The van der Waals surface area contributed by atoms with Crippen molar-refractivity contribution in [3.8, 4) is 0 Å².